The van der Waals surface area contributed by atoms with Gasteiger partial charge in [-0.25, -0.2) is 0 Å². The SMILES string of the molecule is Cc1sc(NC(=O)Cn2nc(C(F)(F)F)c3c2CCCC3)c(C(N)=O)c1C. The molecule has 0 atom stereocenters. The number of alkyl halides is 3. The lowest BCUT2D eigenvalue weighted by Crippen LogP contribution is -2.23. The van der Waals surface area contributed by atoms with Crippen molar-refractivity contribution in [2.75, 3.05) is 5.32 Å². The number of hydrogen-bond acceptors (Lipinski definition) is 4. The highest BCUT2D eigenvalue weighted by Crippen LogP contribution is 2.36. The second kappa shape index (κ2) is 6.99. The molecule has 27 heavy (non-hydrogen) atoms. The van der Waals surface area contributed by atoms with E-state index in [-0.39, 0.29) is 17.7 Å². The van der Waals surface area contributed by atoms with Crippen LogP contribution in [0.4, 0.5) is 18.2 Å². The first-order chi connectivity index (χ1) is 12.6. The van der Waals surface area contributed by atoms with Gasteiger partial charge >= 0.3 is 6.18 Å². The van der Waals surface area contributed by atoms with E-state index in [0.717, 1.165) is 16.0 Å². The molecule has 146 valence electrons. The first-order valence-electron chi connectivity index (χ1n) is 8.45. The Labute approximate surface area is 157 Å². The molecule has 3 N–H and O–H groups in total. The van der Waals surface area contributed by atoms with Gasteiger partial charge in [0.2, 0.25) is 5.91 Å². The zero-order valence-electron chi connectivity index (χ0n) is 14.9. The molecule has 2 amide bonds. The summed E-state index contributed by atoms with van der Waals surface area (Å²) in [6, 6.07) is 0. The van der Waals surface area contributed by atoms with Crippen molar-refractivity contribution in [1.82, 2.24) is 9.78 Å². The van der Waals surface area contributed by atoms with Crippen LogP contribution in [0.25, 0.3) is 0 Å². The van der Waals surface area contributed by atoms with Crippen LogP contribution >= 0.6 is 11.3 Å². The van der Waals surface area contributed by atoms with E-state index in [1.54, 1.807) is 13.8 Å². The Morgan fingerprint density at radius 1 is 1.26 bits per heavy atom. The molecule has 3 rings (SSSR count). The lowest BCUT2D eigenvalue weighted by Gasteiger charge is -2.14. The molecule has 1 aliphatic carbocycles. The van der Waals surface area contributed by atoms with Crippen LogP contribution in [0.1, 0.15) is 50.6 Å². The van der Waals surface area contributed by atoms with Crippen molar-refractivity contribution in [3.05, 3.63) is 33.0 Å². The Morgan fingerprint density at radius 3 is 2.56 bits per heavy atom. The van der Waals surface area contributed by atoms with Crippen LogP contribution in [0.3, 0.4) is 0 Å². The van der Waals surface area contributed by atoms with Gasteiger partial charge in [0.05, 0.1) is 5.56 Å². The average Bonchev–Trinajstić information content (AvgIpc) is 3.06. The highest BCUT2D eigenvalue weighted by molar-refractivity contribution is 7.16. The molecule has 0 unspecified atom stereocenters. The van der Waals surface area contributed by atoms with Crippen molar-refractivity contribution in [3.63, 3.8) is 0 Å². The quantitative estimate of drug-likeness (QED) is 0.826. The number of hydrogen-bond donors (Lipinski definition) is 2. The van der Waals surface area contributed by atoms with Crippen LogP contribution in [-0.2, 0) is 30.4 Å². The Balaban J connectivity index is 1.87. The Bertz CT molecular complexity index is 914. The van der Waals surface area contributed by atoms with E-state index in [1.807, 2.05) is 0 Å². The summed E-state index contributed by atoms with van der Waals surface area (Å²) in [7, 11) is 0. The van der Waals surface area contributed by atoms with E-state index in [9.17, 15) is 22.8 Å². The molecule has 0 aromatic carbocycles. The number of aryl methyl sites for hydroxylation is 1. The number of fused-ring (bicyclic) bond motifs is 1. The molecule has 10 heteroatoms. The predicted octanol–water partition coefficient (Wildman–Crippen LogP) is 3.20. The van der Waals surface area contributed by atoms with Crippen LogP contribution in [0.15, 0.2) is 0 Å². The van der Waals surface area contributed by atoms with Gasteiger partial charge in [0.25, 0.3) is 5.91 Å². The van der Waals surface area contributed by atoms with Crippen molar-refractivity contribution in [1.29, 1.82) is 0 Å². The van der Waals surface area contributed by atoms with Crippen molar-refractivity contribution in [2.45, 2.75) is 52.3 Å². The van der Waals surface area contributed by atoms with Gasteiger partial charge < -0.3 is 11.1 Å². The van der Waals surface area contributed by atoms with Gasteiger partial charge in [0, 0.05) is 16.1 Å². The molecule has 0 radical (unpaired) electrons. The number of thiophene rings is 1. The van der Waals surface area contributed by atoms with E-state index in [2.05, 4.69) is 10.4 Å². The van der Waals surface area contributed by atoms with Gasteiger partial charge in [-0.15, -0.1) is 11.3 Å². The maximum atomic E-state index is 13.2. The van der Waals surface area contributed by atoms with Crippen molar-refractivity contribution in [3.8, 4) is 0 Å². The predicted molar refractivity (Wildman–Crippen MR) is 94.8 cm³/mol. The minimum absolute atomic E-state index is 0.183. The summed E-state index contributed by atoms with van der Waals surface area (Å²) in [4.78, 5) is 24.9. The minimum atomic E-state index is -4.55. The second-order valence-electron chi connectivity index (χ2n) is 6.54. The van der Waals surface area contributed by atoms with Gasteiger partial charge in [0.1, 0.15) is 11.5 Å². The number of rotatable bonds is 4. The lowest BCUT2D eigenvalue weighted by atomic mass is 9.95. The van der Waals surface area contributed by atoms with E-state index in [1.165, 1.54) is 11.3 Å². The first-order valence-corrected chi connectivity index (χ1v) is 9.26. The summed E-state index contributed by atoms with van der Waals surface area (Å²) in [6.07, 6.45) is -2.36. The fraction of sp³-hybridized carbons (Fsp3) is 0.471. The monoisotopic (exact) mass is 400 g/mol. The van der Waals surface area contributed by atoms with E-state index in [4.69, 9.17) is 5.73 Å². The Hall–Kier alpha value is -2.36. The number of nitrogens with zero attached hydrogens (tertiary/aromatic N) is 2. The molecule has 0 saturated heterocycles. The topological polar surface area (TPSA) is 90.0 Å². The molecule has 6 nitrogen and oxygen atoms in total. The number of primary amides is 1. The molecule has 0 fully saturated rings. The van der Waals surface area contributed by atoms with Crippen molar-refractivity contribution >= 4 is 28.2 Å². The van der Waals surface area contributed by atoms with E-state index in [0.29, 0.717) is 35.5 Å². The molecule has 0 spiro atoms. The number of amides is 2. The molecule has 0 bridgehead atoms. The molecule has 2 heterocycles. The second-order valence-corrected chi connectivity index (χ2v) is 7.76. The number of carbonyl (C=O) groups excluding carboxylic acids is 2. The number of anilines is 1. The highest BCUT2D eigenvalue weighted by Gasteiger charge is 2.39. The van der Waals surface area contributed by atoms with E-state index >= 15 is 0 Å². The average molecular weight is 400 g/mol. The van der Waals surface area contributed by atoms with Gasteiger partial charge in [-0.1, -0.05) is 0 Å². The fourth-order valence-electron chi connectivity index (χ4n) is 3.34. The minimum Gasteiger partial charge on any atom is -0.365 e. The van der Waals surface area contributed by atoms with Crippen molar-refractivity contribution < 1.29 is 22.8 Å². The van der Waals surface area contributed by atoms with Crippen LogP contribution in [0.5, 0.6) is 0 Å². The van der Waals surface area contributed by atoms with Crippen LogP contribution in [0.2, 0.25) is 0 Å². The maximum Gasteiger partial charge on any atom is 0.435 e. The summed E-state index contributed by atoms with van der Waals surface area (Å²) in [6.45, 7) is 3.16. The van der Waals surface area contributed by atoms with Gasteiger partial charge in [-0.2, -0.15) is 18.3 Å². The first kappa shape index (κ1) is 19.4. The summed E-state index contributed by atoms with van der Waals surface area (Å²) >= 11 is 1.20. The zero-order valence-corrected chi connectivity index (χ0v) is 15.7. The Kier molecular flexibility index (Phi) is 5.02. The summed E-state index contributed by atoms with van der Waals surface area (Å²) < 4.78 is 40.8. The number of carbonyl (C=O) groups is 2. The molecule has 1 aliphatic rings. The third-order valence-corrected chi connectivity index (χ3v) is 5.83. The Morgan fingerprint density at radius 2 is 1.93 bits per heavy atom. The normalized spacial score (nSPS) is 14.1. The summed E-state index contributed by atoms with van der Waals surface area (Å²) in [5.74, 6) is -1.22. The highest BCUT2D eigenvalue weighted by atomic mass is 32.1. The fourth-order valence-corrected chi connectivity index (χ4v) is 4.43. The van der Waals surface area contributed by atoms with E-state index < -0.39 is 23.7 Å². The number of nitrogens with two attached hydrogens (primary N) is 1. The van der Waals surface area contributed by atoms with Gasteiger partial charge in [-0.05, 0) is 45.1 Å². The molecule has 2 aromatic heterocycles. The molecular formula is C17H19F3N4O2S. The zero-order chi connectivity index (χ0) is 19.9. The standard InChI is InChI=1S/C17H19F3N4O2S/c1-8-9(2)27-16(13(8)15(21)26)22-12(25)7-24-11-6-4-3-5-10(11)14(23-24)17(18,19)20/h3-7H2,1-2H3,(H2,21,26)(H,22,25). The van der Waals surface area contributed by atoms with Crippen LogP contribution < -0.4 is 11.1 Å². The van der Waals surface area contributed by atoms with Gasteiger partial charge in [0.15, 0.2) is 5.69 Å². The number of halogens is 3. The van der Waals surface area contributed by atoms with Crippen LogP contribution in [-0.4, -0.2) is 21.6 Å². The smallest absolute Gasteiger partial charge is 0.365 e. The largest absolute Gasteiger partial charge is 0.435 e. The molecular weight excluding hydrogens is 381 g/mol. The summed E-state index contributed by atoms with van der Waals surface area (Å²) in [5.41, 5.74) is 6.01. The maximum absolute atomic E-state index is 13.2. The number of aromatic nitrogens is 2. The molecule has 0 saturated carbocycles. The third kappa shape index (κ3) is 3.71. The van der Waals surface area contributed by atoms with Crippen LogP contribution in [0, 0.1) is 13.8 Å². The van der Waals surface area contributed by atoms with Gasteiger partial charge in [-0.3, -0.25) is 14.3 Å². The lowest BCUT2D eigenvalue weighted by molar-refractivity contribution is -0.142. The van der Waals surface area contributed by atoms with Crippen molar-refractivity contribution in [2.24, 2.45) is 5.73 Å². The summed E-state index contributed by atoms with van der Waals surface area (Å²) in [5, 5.41) is 6.57. The number of nitrogens with one attached hydrogen (secondary N) is 1. The molecule has 2 aromatic rings. The molecule has 0 aliphatic heterocycles. The third-order valence-electron chi connectivity index (χ3n) is 4.70.